The minimum Gasteiger partial charge on any atom is -0.352 e. The van der Waals surface area contributed by atoms with E-state index in [0.29, 0.717) is 11.5 Å². The molecule has 1 aromatic carbocycles. The average Bonchev–Trinajstić information content (AvgIpc) is 2.55. The Morgan fingerprint density at radius 1 is 1.29 bits per heavy atom. The second-order valence-electron chi connectivity index (χ2n) is 5.52. The molecule has 1 atom stereocenters. The average molecular weight is 284 g/mol. The van der Waals surface area contributed by atoms with Crippen molar-refractivity contribution in [2.75, 3.05) is 19.6 Å². The number of aromatic nitrogens is 2. The summed E-state index contributed by atoms with van der Waals surface area (Å²) in [6.07, 6.45) is 6.82. The first-order valence-corrected chi connectivity index (χ1v) is 7.52. The normalized spacial score (nSPS) is 18.6. The molecule has 1 fully saturated rings. The van der Waals surface area contributed by atoms with Crippen molar-refractivity contribution in [1.29, 1.82) is 0 Å². The van der Waals surface area contributed by atoms with Gasteiger partial charge in [-0.2, -0.15) is 0 Å². The Bertz CT molecular complexity index is 622. The molecule has 2 aromatic rings. The predicted molar refractivity (Wildman–Crippen MR) is 82.1 cm³/mol. The number of nitrogens with one attached hydrogen (secondary N) is 2. The zero-order valence-electron chi connectivity index (χ0n) is 12.0. The monoisotopic (exact) mass is 284 g/mol. The van der Waals surface area contributed by atoms with Crippen molar-refractivity contribution in [3.63, 3.8) is 0 Å². The molecule has 5 nitrogen and oxygen atoms in total. The van der Waals surface area contributed by atoms with E-state index in [2.05, 4.69) is 20.6 Å². The van der Waals surface area contributed by atoms with Gasteiger partial charge in [-0.05, 0) is 56.5 Å². The lowest BCUT2D eigenvalue weighted by atomic mass is 9.96. The molecule has 2 N–H and O–H groups in total. The summed E-state index contributed by atoms with van der Waals surface area (Å²) in [5.74, 6) is 0.646. The van der Waals surface area contributed by atoms with E-state index < -0.39 is 0 Å². The Kier molecular flexibility index (Phi) is 4.40. The van der Waals surface area contributed by atoms with Gasteiger partial charge < -0.3 is 10.6 Å². The number of fused-ring (bicyclic) bond motifs is 1. The Balaban J connectivity index is 1.56. The third-order valence-electron chi connectivity index (χ3n) is 3.97. The standard InChI is InChI=1S/C16H20N4O/c21-16(20-7-5-12-2-1-6-17-11-12)13-3-4-14-15(10-13)19-9-8-18-14/h3-4,8-10,12,17H,1-2,5-7,11H2,(H,20,21). The minimum atomic E-state index is -0.0358. The van der Waals surface area contributed by atoms with Gasteiger partial charge in [-0.3, -0.25) is 14.8 Å². The highest BCUT2D eigenvalue weighted by Crippen LogP contribution is 2.14. The van der Waals surface area contributed by atoms with Gasteiger partial charge in [0.25, 0.3) is 5.91 Å². The summed E-state index contributed by atoms with van der Waals surface area (Å²) in [4.78, 5) is 20.6. The zero-order valence-corrected chi connectivity index (χ0v) is 12.0. The lowest BCUT2D eigenvalue weighted by Crippen LogP contribution is -2.33. The third-order valence-corrected chi connectivity index (χ3v) is 3.97. The Hall–Kier alpha value is -2.01. The van der Waals surface area contributed by atoms with Crippen LogP contribution in [0.2, 0.25) is 0 Å². The number of benzene rings is 1. The molecule has 2 heterocycles. The largest absolute Gasteiger partial charge is 0.352 e. The maximum atomic E-state index is 12.2. The molecule has 1 aliphatic heterocycles. The molecule has 1 saturated heterocycles. The molecule has 0 spiro atoms. The quantitative estimate of drug-likeness (QED) is 0.897. The van der Waals surface area contributed by atoms with Crippen LogP contribution in [0.15, 0.2) is 30.6 Å². The van der Waals surface area contributed by atoms with Crippen LogP contribution in [0, 0.1) is 5.92 Å². The summed E-state index contributed by atoms with van der Waals surface area (Å²) >= 11 is 0. The predicted octanol–water partition coefficient (Wildman–Crippen LogP) is 1.75. The van der Waals surface area contributed by atoms with Crippen LogP contribution in [0.5, 0.6) is 0 Å². The van der Waals surface area contributed by atoms with Crippen molar-refractivity contribution in [3.8, 4) is 0 Å². The van der Waals surface area contributed by atoms with Gasteiger partial charge in [0.15, 0.2) is 0 Å². The fourth-order valence-corrected chi connectivity index (χ4v) is 2.77. The second-order valence-corrected chi connectivity index (χ2v) is 5.52. The zero-order chi connectivity index (χ0) is 14.5. The van der Waals surface area contributed by atoms with Crippen LogP contribution in [0.4, 0.5) is 0 Å². The van der Waals surface area contributed by atoms with Crippen LogP contribution in [-0.4, -0.2) is 35.5 Å². The van der Waals surface area contributed by atoms with Gasteiger partial charge in [0.1, 0.15) is 0 Å². The fraction of sp³-hybridized carbons (Fsp3) is 0.438. The summed E-state index contributed by atoms with van der Waals surface area (Å²) < 4.78 is 0. The minimum absolute atomic E-state index is 0.0358. The van der Waals surface area contributed by atoms with E-state index in [1.807, 2.05) is 6.07 Å². The van der Waals surface area contributed by atoms with E-state index >= 15 is 0 Å². The molecule has 1 unspecified atom stereocenters. The van der Waals surface area contributed by atoms with E-state index in [0.717, 1.165) is 37.1 Å². The van der Waals surface area contributed by atoms with E-state index in [9.17, 15) is 4.79 Å². The van der Waals surface area contributed by atoms with Gasteiger partial charge >= 0.3 is 0 Å². The first-order valence-electron chi connectivity index (χ1n) is 7.52. The number of hydrogen-bond donors (Lipinski definition) is 2. The SMILES string of the molecule is O=C(NCCC1CCCNC1)c1ccc2nccnc2c1. The molecule has 1 aliphatic rings. The van der Waals surface area contributed by atoms with Crippen LogP contribution < -0.4 is 10.6 Å². The smallest absolute Gasteiger partial charge is 0.251 e. The van der Waals surface area contributed by atoms with E-state index in [4.69, 9.17) is 0 Å². The molecule has 110 valence electrons. The number of hydrogen-bond acceptors (Lipinski definition) is 4. The molecule has 0 bridgehead atoms. The molecule has 0 aliphatic carbocycles. The van der Waals surface area contributed by atoms with Gasteiger partial charge in [0.05, 0.1) is 11.0 Å². The van der Waals surface area contributed by atoms with Gasteiger partial charge in [0.2, 0.25) is 0 Å². The Morgan fingerprint density at radius 2 is 2.14 bits per heavy atom. The van der Waals surface area contributed by atoms with Gasteiger partial charge in [-0.25, -0.2) is 0 Å². The molecule has 3 rings (SSSR count). The van der Waals surface area contributed by atoms with Crippen molar-refractivity contribution in [2.45, 2.75) is 19.3 Å². The number of rotatable bonds is 4. The molecule has 0 radical (unpaired) electrons. The summed E-state index contributed by atoms with van der Waals surface area (Å²) in [6, 6.07) is 5.43. The van der Waals surface area contributed by atoms with Gasteiger partial charge in [-0.1, -0.05) is 0 Å². The number of carbonyl (C=O) groups is 1. The van der Waals surface area contributed by atoms with E-state index in [1.54, 1.807) is 24.5 Å². The molecule has 1 aromatic heterocycles. The maximum absolute atomic E-state index is 12.2. The van der Waals surface area contributed by atoms with Gasteiger partial charge in [-0.15, -0.1) is 0 Å². The number of carbonyl (C=O) groups excluding carboxylic acids is 1. The molecule has 1 amide bonds. The van der Waals surface area contributed by atoms with Crippen molar-refractivity contribution in [3.05, 3.63) is 36.2 Å². The number of nitrogens with zero attached hydrogens (tertiary/aromatic N) is 2. The highest BCUT2D eigenvalue weighted by atomic mass is 16.1. The summed E-state index contributed by atoms with van der Waals surface area (Å²) in [6.45, 7) is 2.92. The van der Waals surface area contributed by atoms with Crippen LogP contribution >= 0.6 is 0 Å². The number of amides is 1. The first-order chi connectivity index (χ1) is 10.3. The summed E-state index contributed by atoms with van der Waals surface area (Å²) in [7, 11) is 0. The lowest BCUT2D eigenvalue weighted by Gasteiger charge is -2.22. The highest BCUT2D eigenvalue weighted by Gasteiger charge is 2.13. The third kappa shape index (κ3) is 3.55. The Labute approximate surface area is 124 Å². The van der Waals surface area contributed by atoms with Crippen molar-refractivity contribution >= 4 is 16.9 Å². The molecule has 0 saturated carbocycles. The van der Waals surface area contributed by atoms with Crippen molar-refractivity contribution in [2.24, 2.45) is 5.92 Å². The fourth-order valence-electron chi connectivity index (χ4n) is 2.77. The van der Waals surface area contributed by atoms with Crippen molar-refractivity contribution < 1.29 is 4.79 Å². The van der Waals surface area contributed by atoms with E-state index in [-0.39, 0.29) is 5.91 Å². The first kappa shape index (κ1) is 13.9. The topological polar surface area (TPSA) is 66.9 Å². The van der Waals surface area contributed by atoms with Crippen LogP contribution in [0.1, 0.15) is 29.6 Å². The van der Waals surface area contributed by atoms with Crippen LogP contribution in [0.25, 0.3) is 11.0 Å². The van der Waals surface area contributed by atoms with Crippen molar-refractivity contribution in [1.82, 2.24) is 20.6 Å². The van der Waals surface area contributed by atoms with Gasteiger partial charge in [0, 0.05) is 24.5 Å². The summed E-state index contributed by atoms with van der Waals surface area (Å²) in [5.41, 5.74) is 2.20. The second kappa shape index (κ2) is 6.63. The molecular weight excluding hydrogens is 264 g/mol. The van der Waals surface area contributed by atoms with Crippen LogP contribution in [-0.2, 0) is 0 Å². The lowest BCUT2D eigenvalue weighted by molar-refractivity contribution is 0.0951. The maximum Gasteiger partial charge on any atom is 0.251 e. The van der Waals surface area contributed by atoms with Crippen LogP contribution in [0.3, 0.4) is 0 Å². The highest BCUT2D eigenvalue weighted by molar-refractivity contribution is 5.97. The Morgan fingerprint density at radius 3 is 2.95 bits per heavy atom. The number of piperidine rings is 1. The summed E-state index contributed by atoms with van der Waals surface area (Å²) in [5, 5.41) is 6.39. The molecule has 21 heavy (non-hydrogen) atoms. The molecule has 5 heteroatoms. The molecular formula is C16H20N4O. The van der Waals surface area contributed by atoms with E-state index in [1.165, 1.54) is 12.8 Å².